The van der Waals surface area contributed by atoms with Gasteiger partial charge in [-0.3, -0.25) is 0 Å². The van der Waals surface area contributed by atoms with E-state index in [2.05, 4.69) is 45.5 Å². The van der Waals surface area contributed by atoms with Gasteiger partial charge < -0.3 is 10.1 Å². The summed E-state index contributed by atoms with van der Waals surface area (Å²) < 4.78 is 6.45. The zero-order chi connectivity index (χ0) is 10.0. The first-order valence-corrected chi connectivity index (χ1v) is 5.54. The number of hydrogen-bond donors (Lipinski definition) is 1. The molecule has 1 aromatic rings. The minimum atomic E-state index is 0.204. The number of hydrogen-bond acceptors (Lipinski definition) is 2. The number of likely N-dealkylation sites (N-methyl/N-ethyl adjacent to an activating group) is 1. The summed E-state index contributed by atoms with van der Waals surface area (Å²) in [5.74, 6) is 0. The van der Waals surface area contributed by atoms with Gasteiger partial charge in [-0.15, -0.1) is 0 Å². The van der Waals surface area contributed by atoms with E-state index in [1.54, 1.807) is 0 Å². The number of nitrogens with one attached hydrogen (secondary N) is 1. The van der Waals surface area contributed by atoms with Gasteiger partial charge in [-0.25, -0.2) is 0 Å². The van der Waals surface area contributed by atoms with Crippen LogP contribution in [0.4, 0.5) is 0 Å². The molecule has 14 heavy (non-hydrogen) atoms. The van der Waals surface area contributed by atoms with Gasteiger partial charge in [-0.05, 0) is 24.7 Å². The normalized spacial score (nSPS) is 19.0. The van der Waals surface area contributed by atoms with Gasteiger partial charge in [0, 0.05) is 11.0 Å². The molecule has 0 spiro atoms. The van der Waals surface area contributed by atoms with Crippen LogP contribution in [-0.4, -0.2) is 26.8 Å². The summed E-state index contributed by atoms with van der Waals surface area (Å²) in [6.07, 6.45) is 0. The quantitative estimate of drug-likeness (QED) is 0.892. The maximum absolute atomic E-state index is 5.32. The molecule has 3 heteroatoms. The van der Waals surface area contributed by atoms with E-state index in [4.69, 9.17) is 4.74 Å². The Morgan fingerprint density at radius 3 is 2.43 bits per heavy atom. The van der Waals surface area contributed by atoms with Crippen molar-refractivity contribution in [3.05, 3.63) is 34.3 Å². The van der Waals surface area contributed by atoms with Gasteiger partial charge in [0.25, 0.3) is 0 Å². The van der Waals surface area contributed by atoms with E-state index in [1.165, 1.54) is 5.56 Å². The second-order valence-electron chi connectivity index (χ2n) is 3.81. The van der Waals surface area contributed by atoms with Crippen molar-refractivity contribution in [3.8, 4) is 0 Å². The number of benzene rings is 1. The highest BCUT2D eigenvalue weighted by molar-refractivity contribution is 9.10. The fraction of sp³-hybridized carbons (Fsp3) is 0.455. The number of rotatable bonds is 3. The first-order chi connectivity index (χ1) is 6.77. The standard InChI is InChI=1S/C11H14BrNO/c1-13-6-11(7-14-8-11)9-2-4-10(12)5-3-9/h2-5,13H,6-8H2,1H3. The molecule has 0 unspecified atom stereocenters. The monoisotopic (exact) mass is 255 g/mol. The molecular formula is C11H14BrNO. The fourth-order valence-corrected chi connectivity index (χ4v) is 2.13. The zero-order valence-corrected chi connectivity index (χ0v) is 9.80. The van der Waals surface area contributed by atoms with E-state index in [1.807, 2.05) is 7.05 Å². The maximum Gasteiger partial charge on any atom is 0.0598 e. The molecule has 1 N–H and O–H groups in total. The summed E-state index contributed by atoms with van der Waals surface area (Å²) in [6.45, 7) is 2.64. The van der Waals surface area contributed by atoms with Crippen LogP contribution in [0.3, 0.4) is 0 Å². The van der Waals surface area contributed by atoms with E-state index < -0.39 is 0 Å². The molecule has 0 amide bonds. The molecule has 0 aromatic heterocycles. The lowest BCUT2D eigenvalue weighted by molar-refractivity contribution is -0.0582. The molecule has 1 aliphatic heterocycles. The van der Waals surface area contributed by atoms with Gasteiger partial charge in [0.2, 0.25) is 0 Å². The second-order valence-corrected chi connectivity index (χ2v) is 4.73. The molecule has 2 rings (SSSR count). The summed E-state index contributed by atoms with van der Waals surface area (Å²) in [5, 5.41) is 3.23. The lowest BCUT2D eigenvalue weighted by Crippen LogP contribution is -2.52. The van der Waals surface area contributed by atoms with Gasteiger partial charge >= 0.3 is 0 Å². The molecule has 1 aromatic carbocycles. The number of ether oxygens (including phenoxy) is 1. The van der Waals surface area contributed by atoms with Crippen molar-refractivity contribution in [1.29, 1.82) is 0 Å². The van der Waals surface area contributed by atoms with Crippen molar-refractivity contribution < 1.29 is 4.74 Å². The van der Waals surface area contributed by atoms with Crippen LogP contribution in [0.15, 0.2) is 28.7 Å². The van der Waals surface area contributed by atoms with E-state index >= 15 is 0 Å². The van der Waals surface area contributed by atoms with Crippen molar-refractivity contribution in [1.82, 2.24) is 5.32 Å². The van der Waals surface area contributed by atoms with Gasteiger partial charge in [0.15, 0.2) is 0 Å². The average Bonchev–Trinajstić information content (AvgIpc) is 2.13. The highest BCUT2D eigenvalue weighted by atomic mass is 79.9. The van der Waals surface area contributed by atoms with Crippen molar-refractivity contribution in [2.24, 2.45) is 0 Å². The van der Waals surface area contributed by atoms with Crippen LogP contribution in [0.1, 0.15) is 5.56 Å². The fourth-order valence-electron chi connectivity index (χ4n) is 1.86. The van der Waals surface area contributed by atoms with Crippen LogP contribution in [0.25, 0.3) is 0 Å². The molecule has 1 saturated heterocycles. The smallest absolute Gasteiger partial charge is 0.0598 e. The lowest BCUT2D eigenvalue weighted by atomic mass is 9.78. The molecular weight excluding hydrogens is 242 g/mol. The second kappa shape index (κ2) is 4.01. The SMILES string of the molecule is CNCC1(c2ccc(Br)cc2)COC1. The molecule has 0 radical (unpaired) electrons. The third kappa shape index (κ3) is 1.72. The third-order valence-corrected chi connectivity index (χ3v) is 3.26. The Morgan fingerprint density at radius 2 is 2.00 bits per heavy atom. The van der Waals surface area contributed by atoms with Crippen molar-refractivity contribution in [2.45, 2.75) is 5.41 Å². The van der Waals surface area contributed by atoms with Crippen LogP contribution < -0.4 is 5.32 Å². The molecule has 0 aliphatic carbocycles. The van der Waals surface area contributed by atoms with Crippen LogP contribution in [0.5, 0.6) is 0 Å². The predicted molar refractivity (Wildman–Crippen MR) is 60.6 cm³/mol. The van der Waals surface area contributed by atoms with E-state index in [9.17, 15) is 0 Å². The Balaban J connectivity index is 2.23. The molecule has 0 atom stereocenters. The summed E-state index contributed by atoms with van der Waals surface area (Å²) in [6, 6.07) is 8.52. The molecule has 0 saturated carbocycles. The van der Waals surface area contributed by atoms with Gasteiger partial charge in [-0.1, -0.05) is 28.1 Å². The first kappa shape index (κ1) is 10.1. The average molecular weight is 256 g/mol. The van der Waals surface area contributed by atoms with E-state index in [0.29, 0.717) is 0 Å². The Morgan fingerprint density at radius 1 is 1.36 bits per heavy atom. The molecule has 76 valence electrons. The van der Waals surface area contributed by atoms with Gasteiger partial charge in [-0.2, -0.15) is 0 Å². The summed E-state index contributed by atoms with van der Waals surface area (Å²) >= 11 is 3.44. The highest BCUT2D eigenvalue weighted by Gasteiger charge is 2.39. The van der Waals surface area contributed by atoms with Crippen molar-refractivity contribution in [2.75, 3.05) is 26.8 Å². The van der Waals surface area contributed by atoms with Crippen LogP contribution >= 0.6 is 15.9 Å². The topological polar surface area (TPSA) is 21.3 Å². The summed E-state index contributed by atoms with van der Waals surface area (Å²) in [4.78, 5) is 0. The molecule has 1 fully saturated rings. The first-order valence-electron chi connectivity index (χ1n) is 4.75. The van der Waals surface area contributed by atoms with E-state index in [-0.39, 0.29) is 5.41 Å². The van der Waals surface area contributed by atoms with Crippen molar-refractivity contribution in [3.63, 3.8) is 0 Å². The van der Waals surface area contributed by atoms with Crippen LogP contribution in [-0.2, 0) is 10.2 Å². The maximum atomic E-state index is 5.32. The van der Waals surface area contributed by atoms with Crippen LogP contribution in [0, 0.1) is 0 Å². The third-order valence-electron chi connectivity index (χ3n) is 2.73. The summed E-state index contributed by atoms with van der Waals surface area (Å²) in [7, 11) is 1.99. The number of halogens is 1. The Hall–Kier alpha value is -0.380. The van der Waals surface area contributed by atoms with E-state index in [0.717, 1.165) is 24.2 Å². The zero-order valence-electron chi connectivity index (χ0n) is 8.22. The molecule has 2 nitrogen and oxygen atoms in total. The minimum absolute atomic E-state index is 0.204. The lowest BCUT2D eigenvalue weighted by Gasteiger charge is -2.42. The highest BCUT2D eigenvalue weighted by Crippen LogP contribution is 2.32. The summed E-state index contributed by atoms with van der Waals surface area (Å²) in [5.41, 5.74) is 1.57. The molecule has 0 bridgehead atoms. The Kier molecular flexibility index (Phi) is 2.91. The largest absolute Gasteiger partial charge is 0.379 e. The van der Waals surface area contributed by atoms with Crippen LogP contribution in [0.2, 0.25) is 0 Å². The predicted octanol–water partition coefficient (Wildman–Crippen LogP) is 1.94. The molecule has 1 heterocycles. The molecule has 1 aliphatic rings. The minimum Gasteiger partial charge on any atom is -0.379 e. The van der Waals surface area contributed by atoms with Gasteiger partial charge in [0.1, 0.15) is 0 Å². The van der Waals surface area contributed by atoms with Gasteiger partial charge in [0.05, 0.1) is 18.6 Å². The van der Waals surface area contributed by atoms with Crippen molar-refractivity contribution >= 4 is 15.9 Å². The Labute approximate surface area is 92.8 Å². The Bertz CT molecular complexity index is 306.